The number of hydrogen-bond donors (Lipinski definition) is 1. The summed E-state index contributed by atoms with van der Waals surface area (Å²) < 4.78 is 18.8. The van der Waals surface area contributed by atoms with Gasteiger partial charge in [0.05, 0.1) is 18.8 Å². The van der Waals surface area contributed by atoms with Crippen molar-refractivity contribution in [3.05, 3.63) is 29.6 Å². The predicted octanol–water partition coefficient (Wildman–Crippen LogP) is 2.27. The number of ether oxygens (including phenoxy) is 1. The van der Waals surface area contributed by atoms with Crippen LogP contribution in [0.5, 0.6) is 0 Å². The molecule has 2 amide bonds. The van der Waals surface area contributed by atoms with Crippen molar-refractivity contribution < 1.29 is 13.9 Å². The molecule has 134 valence electrons. The molecule has 2 aliphatic heterocycles. The number of piperidine rings is 1. The zero-order valence-electron chi connectivity index (χ0n) is 14.2. The van der Waals surface area contributed by atoms with Gasteiger partial charge in [-0.15, -0.1) is 0 Å². The summed E-state index contributed by atoms with van der Waals surface area (Å²) in [5, 5.41) is 11.7. The van der Waals surface area contributed by atoms with Crippen LogP contribution in [0.15, 0.2) is 18.2 Å². The van der Waals surface area contributed by atoms with Crippen molar-refractivity contribution in [3.63, 3.8) is 0 Å². The van der Waals surface area contributed by atoms with Crippen LogP contribution in [0.2, 0.25) is 0 Å². The van der Waals surface area contributed by atoms with Gasteiger partial charge in [-0.2, -0.15) is 5.26 Å². The minimum absolute atomic E-state index is 0.0679. The first-order valence-corrected chi connectivity index (χ1v) is 8.71. The van der Waals surface area contributed by atoms with Crippen molar-refractivity contribution in [1.82, 2.24) is 9.80 Å². The molecule has 2 fully saturated rings. The average molecular weight is 346 g/mol. The molecule has 1 atom stereocenters. The van der Waals surface area contributed by atoms with Crippen LogP contribution in [-0.2, 0) is 4.74 Å². The van der Waals surface area contributed by atoms with Gasteiger partial charge in [0.2, 0.25) is 0 Å². The van der Waals surface area contributed by atoms with Gasteiger partial charge in [-0.25, -0.2) is 9.18 Å². The summed E-state index contributed by atoms with van der Waals surface area (Å²) in [5.74, 6) is -0.121. The number of urea groups is 1. The summed E-state index contributed by atoms with van der Waals surface area (Å²) in [4.78, 5) is 16.7. The van der Waals surface area contributed by atoms with Gasteiger partial charge in [0.25, 0.3) is 0 Å². The number of anilines is 1. The van der Waals surface area contributed by atoms with E-state index in [0.717, 1.165) is 58.8 Å². The summed E-state index contributed by atoms with van der Waals surface area (Å²) in [6.07, 6.45) is 2.10. The standard InChI is InChI=1S/C18H23FN4O2/c19-17-4-3-16(10-15(17)11-20)21-18(24)23-5-1-2-14(13-23)12-22-6-8-25-9-7-22/h3-4,10,14H,1-2,5-9,12-13H2,(H,21,24). The number of likely N-dealkylation sites (tertiary alicyclic amines) is 1. The lowest BCUT2D eigenvalue weighted by atomic mass is 9.97. The third-order valence-electron chi connectivity index (χ3n) is 4.76. The van der Waals surface area contributed by atoms with Crippen LogP contribution < -0.4 is 5.32 Å². The molecule has 6 nitrogen and oxygen atoms in total. The number of carbonyl (C=O) groups excluding carboxylic acids is 1. The van der Waals surface area contributed by atoms with Crippen LogP contribution in [0.4, 0.5) is 14.9 Å². The minimum atomic E-state index is -0.580. The van der Waals surface area contributed by atoms with Gasteiger partial charge >= 0.3 is 6.03 Å². The summed E-state index contributed by atoms with van der Waals surface area (Å²) in [5.41, 5.74) is 0.375. The Morgan fingerprint density at radius 1 is 1.36 bits per heavy atom. The number of nitrogens with zero attached hydrogens (tertiary/aromatic N) is 3. The van der Waals surface area contributed by atoms with E-state index in [9.17, 15) is 9.18 Å². The lowest BCUT2D eigenvalue weighted by Gasteiger charge is -2.36. The topological polar surface area (TPSA) is 68.6 Å². The first-order valence-electron chi connectivity index (χ1n) is 8.71. The van der Waals surface area contributed by atoms with E-state index in [1.807, 2.05) is 4.90 Å². The van der Waals surface area contributed by atoms with Crippen LogP contribution in [-0.4, -0.2) is 61.8 Å². The molecule has 1 aromatic carbocycles. The Morgan fingerprint density at radius 3 is 2.92 bits per heavy atom. The van der Waals surface area contributed by atoms with Crippen molar-refractivity contribution in [2.75, 3.05) is 51.3 Å². The summed E-state index contributed by atoms with van der Waals surface area (Å²) >= 11 is 0. The predicted molar refractivity (Wildman–Crippen MR) is 91.7 cm³/mol. The zero-order valence-corrected chi connectivity index (χ0v) is 14.2. The second-order valence-corrected chi connectivity index (χ2v) is 6.60. The van der Waals surface area contributed by atoms with Crippen molar-refractivity contribution in [1.29, 1.82) is 5.26 Å². The molecule has 2 aliphatic rings. The first-order chi connectivity index (χ1) is 12.2. The fraction of sp³-hybridized carbons (Fsp3) is 0.556. The molecule has 0 spiro atoms. The number of rotatable bonds is 3. The van der Waals surface area contributed by atoms with Gasteiger partial charge in [0.1, 0.15) is 11.9 Å². The quantitative estimate of drug-likeness (QED) is 0.912. The molecule has 1 N–H and O–H groups in total. The zero-order chi connectivity index (χ0) is 17.6. The molecule has 25 heavy (non-hydrogen) atoms. The molecular formula is C18H23FN4O2. The maximum atomic E-state index is 13.4. The minimum Gasteiger partial charge on any atom is -0.379 e. The Hall–Kier alpha value is -2.17. The van der Waals surface area contributed by atoms with Gasteiger partial charge in [0.15, 0.2) is 0 Å². The number of carbonyl (C=O) groups is 1. The maximum absolute atomic E-state index is 13.4. The van der Waals surface area contributed by atoms with E-state index >= 15 is 0 Å². The Morgan fingerprint density at radius 2 is 2.16 bits per heavy atom. The maximum Gasteiger partial charge on any atom is 0.321 e. The Labute approximate surface area is 147 Å². The Kier molecular flexibility index (Phi) is 5.84. The van der Waals surface area contributed by atoms with Gasteiger partial charge in [-0.1, -0.05) is 0 Å². The van der Waals surface area contributed by atoms with E-state index in [2.05, 4.69) is 10.2 Å². The van der Waals surface area contributed by atoms with E-state index in [-0.39, 0.29) is 11.6 Å². The second-order valence-electron chi connectivity index (χ2n) is 6.60. The highest BCUT2D eigenvalue weighted by atomic mass is 19.1. The van der Waals surface area contributed by atoms with E-state index in [1.165, 1.54) is 18.2 Å². The normalized spacial score (nSPS) is 21.6. The van der Waals surface area contributed by atoms with E-state index in [4.69, 9.17) is 10.00 Å². The highest BCUT2D eigenvalue weighted by Crippen LogP contribution is 2.20. The van der Waals surface area contributed by atoms with E-state index in [1.54, 1.807) is 6.07 Å². The average Bonchev–Trinajstić information content (AvgIpc) is 2.64. The molecular weight excluding hydrogens is 323 g/mol. The second kappa shape index (κ2) is 8.28. The number of hydrogen-bond acceptors (Lipinski definition) is 4. The smallest absolute Gasteiger partial charge is 0.321 e. The van der Waals surface area contributed by atoms with Crippen LogP contribution in [0, 0.1) is 23.1 Å². The summed E-state index contributed by atoms with van der Waals surface area (Å²) in [6.45, 7) is 5.89. The van der Waals surface area contributed by atoms with Crippen molar-refractivity contribution in [2.45, 2.75) is 12.8 Å². The third-order valence-corrected chi connectivity index (χ3v) is 4.76. The molecule has 1 unspecified atom stereocenters. The number of morpholine rings is 1. The number of nitrogens with one attached hydrogen (secondary N) is 1. The number of amides is 2. The SMILES string of the molecule is N#Cc1cc(NC(=O)N2CCCC(CN3CCOCC3)C2)ccc1F. The lowest BCUT2D eigenvalue weighted by Crippen LogP contribution is -2.47. The summed E-state index contributed by atoms with van der Waals surface area (Å²) in [6, 6.07) is 5.63. The van der Waals surface area contributed by atoms with Crippen LogP contribution in [0.25, 0.3) is 0 Å². The number of halogens is 1. The van der Waals surface area contributed by atoms with E-state index in [0.29, 0.717) is 11.6 Å². The molecule has 0 saturated carbocycles. The number of benzene rings is 1. The first kappa shape index (κ1) is 17.6. The van der Waals surface area contributed by atoms with Crippen LogP contribution in [0.1, 0.15) is 18.4 Å². The lowest BCUT2D eigenvalue weighted by molar-refractivity contribution is 0.0252. The molecule has 0 radical (unpaired) electrons. The van der Waals surface area contributed by atoms with Gasteiger partial charge in [-0.05, 0) is 37.0 Å². The Balaban J connectivity index is 1.55. The van der Waals surface area contributed by atoms with E-state index < -0.39 is 5.82 Å². The van der Waals surface area contributed by atoms with Crippen LogP contribution >= 0.6 is 0 Å². The molecule has 7 heteroatoms. The fourth-order valence-electron chi connectivity index (χ4n) is 3.44. The highest BCUT2D eigenvalue weighted by molar-refractivity contribution is 5.89. The molecule has 1 aromatic rings. The van der Waals surface area contributed by atoms with Crippen molar-refractivity contribution in [3.8, 4) is 6.07 Å². The summed E-state index contributed by atoms with van der Waals surface area (Å²) in [7, 11) is 0. The molecule has 2 heterocycles. The number of nitriles is 1. The molecule has 0 aromatic heterocycles. The molecule has 2 saturated heterocycles. The van der Waals surface area contributed by atoms with Crippen LogP contribution in [0.3, 0.4) is 0 Å². The van der Waals surface area contributed by atoms with Crippen molar-refractivity contribution >= 4 is 11.7 Å². The molecule has 0 aliphatic carbocycles. The van der Waals surface area contributed by atoms with Gasteiger partial charge in [0, 0.05) is 38.4 Å². The third kappa shape index (κ3) is 4.68. The molecule has 3 rings (SSSR count). The Bertz CT molecular complexity index is 655. The highest BCUT2D eigenvalue weighted by Gasteiger charge is 2.26. The van der Waals surface area contributed by atoms with Crippen molar-refractivity contribution in [2.24, 2.45) is 5.92 Å². The van der Waals surface area contributed by atoms with Gasteiger partial charge < -0.3 is 15.0 Å². The molecule has 0 bridgehead atoms. The van der Waals surface area contributed by atoms with Gasteiger partial charge in [-0.3, -0.25) is 4.90 Å². The largest absolute Gasteiger partial charge is 0.379 e. The fourth-order valence-corrected chi connectivity index (χ4v) is 3.44. The monoisotopic (exact) mass is 346 g/mol.